The summed E-state index contributed by atoms with van der Waals surface area (Å²) in [6, 6.07) is 11.2. The minimum Gasteiger partial charge on any atom is -0.389 e. The van der Waals surface area contributed by atoms with Gasteiger partial charge in [-0.25, -0.2) is 0 Å². The molecule has 2 N–H and O–H groups in total. The van der Waals surface area contributed by atoms with Crippen molar-refractivity contribution in [1.29, 1.82) is 0 Å². The van der Waals surface area contributed by atoms with E-state index in [1.807, 2.05) is 6.92 Å². The smallest absolute Gasteiger partial charge is 0.0768 e. The Kier molecular flexibility index (Phi) is 6.42. The van der Waals surface area contributed by atoms with Gasteiger partial charge in [0.2, 0.25) is 0 Å². The van der Waals surface area contributed by atoms with E-state index in [-0.39, 0.29) is 0 Å². The summed E-state index contributed by atoms with van der Waals surface area (Å²) < 4.78 is 0. The molecule has 0 spiro atoms. The van der Waals surface area contributed by atoms with Crippen LogP contribution in [0.1, 0.15) is 45.6 Å². The Bertz CT molecular complexity index is 424. The fourth-order valence-corrected chi connectivity index (χ4v) is 3.10. The van der Waals surface area contributed by atoms with Crippen LogP contribution in [-0.2, 0) is 6.54 Å². The van der Waals surface area contributed by atoms with Crippen LogP contribution in [0.3, 0.4) is 0 Å². The SMILES string of the molecule is CCC(C)C(C)(O)CNC1CCN(Cc2ccccc2)CC1. The van der Waals surface area contributed by atoms with Gasteiger partial charge in [-0.05, 0) is 44.3 Å². The molecule has 1 aliphatic heterocycles. The molecular formula is C19H32N2O. The third-order valence-electron chi connectivity index (χ3n) is 5.26. The van der Waals surface area contributed by atoms with Gasteiger partial charge in [-0.3, -0.25) is 4.90 Å². The summed E-state index contributed by atoms with van der Waals surface area (Å²) in [6.45, 7) is 10.3. The molecule has 0 saturated carbocycles. The first-order valence-corrected chi connectivity index (χ1v) is 8.73. The number of aliphatic hydroxyl groups is 1. The van der Waals surface area contributed by atoms with Gasteiger partial charge >= 0.3 is 0 Å². The van der Waals surface area contributed by atoms with E-state index in [9.17, 15) is 5.11 Å². The van der Waals surface area contributed by atoms with E-state index in [1.54, 1.807) is 0 Å². The lowest BCUT2D eigenvalue weighted by molar-refractivity contribution is 0.00127. The maximum absolute atomic E-state index is 10.5. The van der Waals surface area contributed by atoms with Gasteiger partial charge in [-0.1, -0.05) is 50.6 Å². The number of nitrogens with zero attached hydrogens (tertiary/aromatic N) is 1. The van der Waals surface area contributed by atoms with Crippen LogP contribution < -0.4 is 5.32 Å². The fraction of sp³-hybridized carbons (Fsp3) is 0.684. The Balaban J connectivity index is 1.71. The van der Waals surface area contributed by atoms with Crippen LogP contribution in [0.15, 0.2) is 30.3 Å². The standard InChI is InChI=1S/C19H32N2O/c1-4-16(2)19(3,22)15-20-18-10-12-21(13-11-18)14-17-8-6-5-7-9-17/h5-9,16,18,20,22H,4,10-15H2,1-3H3. The van der Waals surface area contributed by atoms with Crippen molar-refractivity contribution in [3.63, 3.8) is 0 Å². The molecular weight excluding hydrogens is 272 g/mol. The zero-order valence-corrected chi connectivity index (χ0v) is 14.4. The number of hydrogen-bond donors (Lipinski definition) is 2. The highest BCUT2D eigenvalue weighted by molar-refractivity contribution is 5.14. The molecule has 1 aromatic rings. The predicted octanol–water partition coefficient (Wildman–Crippen LogP) is 3.04. The van der Waals surface area contributed by atoms with Crippen molar-refractivity contribution in [2.75, 3.05) is 19.6 Å². The van der Waals surface area contributed by atoms with Gasteiger partial charge in [0.25, 0.3) is 0 Å². The molecule has 0 bridgehead atoms. The molecule has 1 aliphatic rings. The molecule has 2 unspecified atom stereocenters. The minimum absolute atomic E-state index is 0.332. The Hall–Kier alpha value is -0.900. The third-order valence-corrected chi connectivity index (χ3v) is 5.26. The summed E-state index contributed by atoms with van der Waals surface area (Å²) in [6.07, 6.45) is 3.36. The van der Waals surface area contributed by atoms with E-state index in [1.165, 1.54) is 18.4 Å². The van der Waals surface area contributed by atoms with Crippen LogP contribution in [0.4, 0.5) is 0 Å². The lowest BCUT2D eigenvalue weighted by Gasteiger charge is -2.36. The first kappa shape index (κ1) is 17.5. The van der Waals surface area contributed by atoms with E-state index in [2.05, 4.69) is 54.4 Å². The van der Waals surface area contributed by atoms with Gasteiger partial charge in [-0.2, -0.15) is 0 Å². The largest absolute Gasteiger partial charge is 0.389 e. The minimum atomic E-state index is -0.601. The predicted molar refractivity (Wildman–Crippen MR) is 92.8 cm³/mol. The zero-order chi connectivity index (χ0) is 16.0. The quantitative estimate of drug-likeness (QED) is 0.813. The molecule has 124 valence electrons. The van der Waals surface area contributed by atoms with Crippen LogP contribution in [0, 0.1) is 5.92 Å². The van der Waals surface area contributed by atoms with E-state index < -0.39 is 5.60 Å². The fourth-order valence-electron chi connectivity index (χ4n) is 3.10. The van der Waals surface area contributed by atoms with Gasteiger partial charge in [0, 0.05) is 19.1 Å². The lowest BCUT2D eigenvalue weighted by atomic mass is 9.88. The Labute approximate surface area is 135 Å². The summed E-state index contributed by atoms with van der Waals surface area (Å²) >= 11 is 0. The van der Waals surface area contributed by atoms with Gasteiger partial charge in [0.15, 0.2) is 0 Å². The van der Waals surface area contributed by atoms with Crippen LogP contribution in [-0.4, -0.2) is 41.3 Å². The molecule has 3 heteroatoms. The van der Waals surface area contributed by atoms with Gasteiger partial charge in [-0.15, -0.1) is 0 Å². The Morgan fingerprint density at radius 2 is 1.91 bits per heavy atom. The van der Waals surface area contributed by atoms with Crippen molar-refractivity contribution >= 4 is 0 Å². The average molecular weight is 304 g/mol. The molecule has 1 fully saturated rings. The second-order valence-electron chi connectivity index (χ2n) is 7.08. The third kappa shape index (κ3) is 5.08. The number of piperidine rings is 1. The molecule has 1 saturated heterocycles. The Morgan fingerprint density at radius 3 is 2.50 bits per heavy atom. The van der Waals surface area contributed by atoms with Crippen LogP contribution >= 0.6 is 0 Å². The van der Waals surface area contributed by atoms with Crippen molar-refractivity contribution in [3.8, 4) is 0 Å². The number of likely N-dealkylation sites (tertiary alicyclic amines) is 1. The van der Waals surface area contributed by atoms with E-state index in [0.29, 0.717) is 18.5 Å². The summed E-state index contributed by atoms with van der Waals surface area (Å²) in [5, 5.41) is 14.1. The van der Waals surface area contributed by atoms with Crippen molar-refractivity contribution < 1.29 is 5.11 Å². The molecule has 2 atom stereocenters. The highest BCUT2D eigenvalue weighted by atomic mass is 16.3. The van der Waals surface area contributed by atoms with Crippen LogP contribution in [0.2, 0.25) is 0 Å². The monoisotopic (exact) mass is 304 g/mol. The number of hydrogen-bond acceptors (Lipinski definition) is 3. The van der Waals surface area contributed by atoms with Gasteiger partial charge in [0.1, 0.15) is 0 Å². The normalized spacial score (nSPS) is 21.5. The summed E-state index contributed by atoms with van der Waals surface area (Å²) in [4.78, 5) is 2.53. The second-order valence-corrected chi connectivity index (χ2v) is 7.08. The lowest BCUT2D eigenvalue weighted by Crippen LogP contribution is -2.49. The molecule has 22 heavy (non-hydrogen) atoms. The maximum Gasteiger partial charge on any atom is 0.0768 e. The molecule has 0 aliphatic carbocycles. The topological polar surface area (TPSA) is 35.5 Å². The summed E-state index contributed by atoms with van der Waals surface area (Å²) in [5.41, 5.74) is 0.796. The molecule has 0 radical (unpaired) electrons. The molecule has 2 rings (SSSR count). The summed E-state index contributed by atoms with van der Waals surface area (Å²) in [5.74, 6) is 0.332. The number of rotatable bonds is 7. The Morgan fingerprint density at radius 1 is 1.27 bits per heavy atom. The second kappa shape index (κ2) is 8.09. The van der Waals surface area contributed by atoms with E-state index in [4.69, 9.17) is 0 Å². The van der Waals surface area contributed by atoms with E-state index in [0.717, 1.165) is 26.1 Å². The number of benzene rings is 1. The highest BCUT2D eigenvalue weighted by Crippen LogP contribution is 2.20. The molecule has 0 amide bonds. The molecule has 1 aromatic carbocycles. The van der Waals surface area contributed by atoms with Crippen molar-refractivity contribution in [3.05, 3.63) is 35.9 Å². The molecule has 0 aromatic heterocycles. The van der Waals surface area contributed by atoms with Crippen LogP contribution in [0.25, 0.3) is 0 Å². The van der Waals surface area contributed by atoms with E-state index >= 15 is 0 Å². The highest BCUT2D eigenvalue weighted by Gasteiger charge is 2.28. The van der Waals surface area contributed by atoms with Gasteiger partial charge in [0.05, 0.1) is 5.60 Å². The van der Waals surface area contributed by atoms with Crippen molar-refractivity contribution in [2.45, 2.75) is 58.2 Å². The average Bonchev–Trinajstić information content (AvgIpc) is 2.54. The van der Waals surface area contributed by atoms with Crippen LogP contribution in [0.5, 0.6) is 0 Å². The first-order valence-electron chi connectivity index (χ1n) is 8.73. The zero-order valence-electron chi connectivity index (χ0n) is 14.4. The van der Waals surface area contributed by atoms with Gasteiger partial charge < -0.3 is 10.4 Å². The maximum atomic E-state index is 10.5. The molecule has 3 nitrogen and oxygen atoms in total. The number of nitrogens with one attached hydrogen (secondary N) is 1. The molecule has 1 heterocycles. The van der Waals surface area contributed by atoms with Crippen molar-refractivity contribution in [1.82, 2.24) is 10.2 Å². The summed E-state index contributed by atoms with van der Waals surface area (Å²) in [7, 11) is 0. The first-order chi connectivity index (χ1) is 10.5. The van der Waals surface area contributed by atoms with Crippen molar-refractivity contribution in [2.24, 2.45) is 5.92 Å².